The minimum atomic E-state index is -6.94. The topological polar surface area (TPSA) is 20.2 Å². The molecule has 16 heteroatoms. The maximum Gasteiger partial charge on any atom is 0.417 e. The number of aliphatic hydroxyl groups is 1. The first-order valence-corrected chi connectivity index (χ1v) is 7.25. The minimum absolute atomic E-state index is 0.586. The van der Waals surface area contributed by atoms with Gasteiger partial charge in [0.25, 0.3) is 0 Å². The van der Waals surface area contributed by atoms with Crippen LogP contribution in [0.25, 0.3) is 0 Å². The summed E-state index contributed by atoms with van der Waals surface area (Å²) in [6.07, 6.45) is -38.5. The Labute approximate surface area is 156 Å². The van der Waals surface area contributed by atoms with Crippen LogP contribution in [0.15, 0.2) is 0 Å². The molecule has 0 aliphatic heterocycles. The molecule has 0 heterocycles. The van der Waals surface area contributed by atoms with E-state index >= 15 is 0 Å². The van der Waals surface area contributed by atoms with Crippen molar-refractivity contribution in [2.75, 3.05) is 0 Å². The van der Waals surface area contributed by atoms with Crippen LogP contribution in [0.5, 0.6) is 0 Å². The molecule has 0 aliphatic carbocycles. The molecule has 0 saturated carbocycles. The van der Waals surface area contributed by atoms with Gasteiger partial charge in [-0.15, -0.1) is 0 Å². The molecule has 0 saturated heterocycles. The summed E-state index contributed by atoms with van der Waals surface area (Å²) in [6, 6.07) is 0. The summed E-state index contributed by atoms with van der Waals surface area (Å²) in [5.74, 6) is 0. The van der Waals surface area contributed by atoms with Crippen LogP contribution in [0.3, 0.4) is 0 Å². The zero-order valence-electron chi connectivity index (χ0n) is 13.9. The molecule has 1 atom stereocenters. The van der Waals surface area contributed by atoms with E-state index in [1.165, 1.54) is 0 Å². The van der Waals surface area contributed by atoms with Crippen molar-refractivity contribution in [3.63, 3.8) is 0 Å². The molecule has 1 aromatic carbocycles. The number of alkyl halides is 15. The first-order chi connectivity index (χ1) is 13.0. The number of rotatable bonds is 2. The lowest BCUT2D eigenvalue weighted by Crippen LogP contribution is -2.33. The predicted octanol–water partition coefficient (Wildman–Crippen LogP) is 7.22. The number of aliphatic hydroxyl groups excluding tert-OH is 1. The molecule has 1 aromatic rings. The van der Waals surface area contributed by atoms with E-state index in [-0.39, 0.29) is 0 Å². The van der Waals surface area contributed by atoms with Gasteiger partial charge in [0, 0.05) is 5.56 Å². The largest absolute Gasteiger partial charge is 0.417 e. The van der Waals surface area contributed by atoms with E-state index in [4.69, 9.17) is 0 Å². The fraction of sp³-hybridized carbons (Fsp3) is 0.571. The first-order valence-electron chi connectivity index (χ1n) is 7.25. The second-order valence-electron chi connectivity index (χ2n) is 5.70. The van der Waals surface area contributed by atoms with Gasteiger partial charge in [0.2, 0.25) is 0 Å². The van der Waals surface area contributed by atoms with Crippen molar-refractivity contribution in [2.45, 2.75) is 50.3 Å². The Morgan fingerprint density at radius 2 is 0.700 bits per heavy atom. The van der Waals surface area contributed by atoms with E-state index in [0.717, 1.165) is 0 Å². The van der Waals surface area contributed by atoms with Crippen LogP contribution >= 0.6 is 0 Å². The highest BCUT2D eigenvalue weighted by Gasteiger charge is 2.60. The molecule has 0 aromatic heterocycles. The third-order valence-electron chi connectivity index (χ3n) is 3.68. The van der Waals surface area contributed by atoms with Gasteiger partial charge in [-0.25, -0.2) is 0 Å². The quantitative estimate of drug-likeness (QED) is 0.447. The van der Waals surface area contributed by atoms with Crippen LogP contribution in [0.1, 0.15) is 52.8 Å². The van der Waals surface area contributed by atoms with Gasteiger partial charge in [-0.3, -0.25) is 0 Å². The molecule has 0 aliphatic rings. The standard InChI is InChI=1S/C14H7F15O/c1-2-3(30)4-5(10(15,16)17)7(12(21,22)23)9(14(27,28)29)8(13(24,25)26)6(4)11(18,19)20/h3,30H,2H2,1H3. The first kappa shape index (κ1) is 26.2. The highest BCUT2D eigenvalue weighted by atomic mass is 19.4. The van der Waals surface area contributed by atoms with Gasteiger partial charge in [0.05, 0.1) is 33.9 Å². The minimum Gasteiger partial charge on any atom is -0.388 e. The summed E-state index contributed by atoms with van der Waals surface area (Å²) in [7, 11) is 0. The maximum absolute atomic E-state index is 13.3. The molecular weight excluding hydrogens is 469 g/mol. The molecule has 1 rings (SSSR count). The molecule has 1 nitrogen and oxygen atoms in total. The second-order valence-corrected chi connectivity index (χ2v) is 5.70. The Hall–Kier alpha value is -1.87. The van der Waals surface area contributed by atoms with Crippen molar-refractivity contribution in [2.24, 2.45) is 0 Å². The van der Waals surface area contributed by atoms with Crippen LogP contribution in [0, 0.1) is 0 Å². The van der Waals surface area contributed by atoms with Crippen molar-refractivity contribution in [1.82, 2.24) is 0 Å². The number of hydrogen-bond acceptors (Lipinski definition) is 1. The van der Waals surface area contributed by atoms with E-state index < -0.39 is 76.8 Å². The third kappa shape index (κ3) is 4.88. The second kappa shape index (κ2) is 7.37. The number of halogens is 15. The van der Waals surface area contributed by atoms with Gasteiger partial charge in [0.15, 0.2) is 0 Å². The Morgan fingerprint density at radius 1 is 0.500 bits per heavy atom. The van der Waals surface area contributed by atoms with Gasteiger partial charge in [0.1, 0.15) is 0 Å². The van der Waals surface area contributed by atoms with E-state index in [0.29, 0.717) is 6.92 Å². The molecular formula is C14H7F15O. The van der Waals surface area contributed by atoms with E-state index in [1.807, 2.05) is 0 Å². The fourth-order valence-corrected chi connectivity index (χ4v) is 2.75. The number of hydrogen-bond donors (Lipinski definition) is 1. The van der Waals surface area contributed by atoms with Gasteiger partial charge in [-0.1, -0.05) is 6.92 Å². The fourth-order valence-electron chi connectivity index (χ4n) is 2.75. The lowest BCUT2D eigenvalue weighted by molar-refractivity contribution is -0.190. The van der Waals surface area contributed by atoms with Crippen LogP contribution in [0.4, 0.5) is 65.9 Å². The predicted molar refractivity (Wildman–Crippen MR) is 66.7 cm³/mol. The summed E-state index contributed by atoms with van der Waals surface area (Å²) >= 11 is 0. The Morgan fingerprint density at radius 3 is 0.867 bits per heavy atom. The summed E-state index contributed by atoms with van der Waals surface area (Å²) < 4.78 is 198. The lowest BCUT2D eigenvalue weighted by Gasteiger charge is -2.31. The van der Waals surface area contributed by atoms with Crippen molar-refractivity contribution < 1.29 is 71.0 Å². The normalized spacial score (nSPS) is 15.5. The molecule has 0 fully saturated rings. The summed E-state index contributed by atoms with van der Waals surface area (Å²) in [6.45, 7) is 0.586. The Balaban J connectivity index is 4.79. The van der Waals surface area contributed by atoms with Crippen LogP contribution < -0.4 is 0 Å². The van der Waals surface area contributed by atoms with Crippen LogP contribution in [0.2, 0.25) is 0 Å². The van der Waals surface area contributed by atoms with Crippen molar-refractivity contribution in [1.29, 1.82) is 0 Å². The Kier molecular flexibility index (Phi) is 6.43. The van der Waals surface area contributed by atoms with E-state index in [2.05, 4.69) is 0 Å². The maximum atomic E-state index is 13.3. The summed E-state index contributed by atoms with van der Waals surface area (Å²) in [5.41, 5.74) is -22.6. The summed E-state index contributed by atoms with van der Waals surface area (Å²) in [5, 5.41) is 9.48. The third-order valence-corrected chi connectivity index (χ3v) is 3.68. The molecule has 0 amide bonds. The van der Waals surface area contributed by atoms with Crippen LogP contribution in [-0.2, 0) is 30.9 Å². The van der Waals surface area contributed by atoms with E-state index in [9.17, 15) is 71.0 Å². The molecule has 174 valence electrons. The van der Waals surface area contributed by atoms with Gasteiger partial charge in [-0.05, 0) is 6.42 Å². The molecule has 1 unspecified atom stereocenters. The molecule has 0 bridgehead atoms. The smallest absolute Gasteiger partial charge is 0.388 e. The van der Waals surface area contributed by atoms with Gasteiger partial charge in [-0.2, -0.15) is 65.9 Å². The van der Waals surface area contributed by atoms with Crippen molar-refractivity contribution >= 4 is 0 Å². The average molecular weight is 476 g/mol. The highest BCUT2D eigenvalue weighted by Crippen LogP contribution is 2.57. The van der Waals surface area contributed by atoms with Gasteiger partial charge < -0.3 is 5.11 Å². The molecule has 0 radical (unpaired) electrons. The molecule has 0 spiro atoms. The van der Waals surface area contributed by atoms with Crippen molar-refractivity contribution in [3.05, 3.63) is 33.4 Å². The summed E-state index contributed by atoms with van der Waals surface area (Å²) in [4.78, 5) is 0. The zero-order chi connectivity index (χ0) is 24.2. The average Bonchev–Trinajstić information content (AvgIpc) is 2.46. The molecule has 30 heavy (non-hydrogen) atoms. The highest BCUT2D eigenvalue weighted by molar-refractivity contribution is 5.58. The monoisotopic (exact) mass is 476 g/mol. The van der Waals surface area contributed by atoms with E-state index in [1.54, 1.807) is 0 Å². The number of benzene rings is 1. The Bertz CT molecular complexity index is 735. The SMILES string of the molecule is CCC(O)c1c(C(F)(F)F)c(C(F)(F)F)c(C(F)(F)F)c(C(F)(F)F)c1C(F)(F)F. The van der Waals surface area contributed by atoms with Gasteiger partial charge >= 0.3 is 30.9 Å². The molecule has 1 N–H and O–H groups in total. The zero-order valence-corrected chi connectivity index (χ0v) is 13.9. The van der Waals surface area contributed by atoms with Crippen LogP contribution in [-0.4, -0.2) is 5.11 Å². The lowest BCUT2D eigenvalue weighted by atomic mass is 9.82. The van der Waals surface area contributed by atoms with Crippen molar-refractivity contribution in [3.8, 4) is 0 Å².